The molecular weight excluding hydrogens is 380 g/mol. The van der Waals surface area contributed by atoms with E-state index in [2.05, 4.69) is 41.1 Å². The van der Waals surface area contributed by atoms with Crippen molar-refractivity contribution < 1.29 is 4.79 Å². The van der Waals surface area contributed by atoms with Crippen LogP contribution >= 0.6 is 0 Å². The molecule has 0 aliphatic rings. The van der Waals surface area contributed by atoms with Crippen LogP contribution in [0.5, 0.6) is 0 Å². The molecule has 0 bridgehead atoms. The lowest BCUT2D eigenvalue weighted by Crippen LogP contribution is -2.14. The molecular formula is C21H20N8O. The van der Waals surface area contributed by atoms with Crippen LogP contribution in [-0.2, 0) is 11.2 Å². The maximum absolute atomic E-state index is 12.2. The van der Waals surface area contributed by atoms with Gasteiger partial charge in [-0.2, -0.15) is 20.1 Å². The summed E-state index contributed by atoms with van der Waals surface area (Å²) in [6.45, 7) is 1.78. The Morgan fingerprint density at radius 3 is 2.20 bits per heavy atom. The second kappa shape index (κ2) is 8.82. The molecule has 0 aliphatic heterocycles. The minimum absolute atomic E-state index is 0.137. The summed E-state index contributed by atoms with van der Waals surface area (Å²) in [5.74, 6) is 1.71. The molecule has 2 aromatic carbocycles. The average molecular weight is 400 g/mol. The van der Waals surface area contributed by atoms with Crippen LogP contribution in [0, 0.1) is 6.92 Å². The van der Waals surface area contributed by atoms with Gasteiger partial charge >= 0.3 is 0 Å². The summed E-state index contributed by atoms with van der Waals surface area (Å²) in [5.41, 5.74) is 2.29. The highest BCUT2D eigenvalue weighted by molar-refractivity contribution is 5.92. The molecule has 0 saturated carbocycles. The molecule has 150 valence electrons. The van der Waals surface area contributed by atoms with Gasteiger partial charge < -0.3 is 16.0 Å². The molecule has 0 spiro atoms. The van der Waals surface area contributed by atoms with Gasteiger partial charge in [-0.05, 0) is 31.2 Å². The monoisotopic (exact) mass is 400 g/mol. The van der Waals surface area contributed by atoms with Gasteiger partial charge in [-0.15, -0.1) is 0 Å². The van der Waals surface area contributed by atoms with Crippen molar-refractivity contribution in [3.63, 3.8) is 0 Å². The van der Waals surface area contributed by atoms with Gasteiger partial charge in [-0.25, -0.2) is 0 Å². The van der Waals surface area contributed by atoms with E-state index in [1.807, 2.05) is 60.7 Å². The fraction of sp³-hybridized carbons (Fsp3) is 0.0952. The number of carbonyl (C=O) groups is 1. The van der Waals surface area contributed by atoms with E-state index in [1.54, 1.807) is 13.0 Å². The second-order valence-electron chi connectivity index (χ2n) is 6.52. The number of aryl methyl sites for hydroxylation is 1. The molecule has 0 saturated heterocycles. The summed E-state index contributed by atoms with van der Waals surface area (Å²) in [4.78, 5) is 25.2. The lowest BCUT2D eigenvalue weighted by Gasteiger charge is -2.07. The first-order valence-corrected chi connectivity index (χ1v) is 9.35. The second-order valence-corrected chi connectivity index (χ2v) is 6.52. The van der Waals surface area contributed by atoms with Gasteiger partial charge in [-0.1, -0.05) is 36.4 Å². The SMILES string of the molecule is Cc1nc(Nc2ccccc2)nc(Nc2cc(CC(=O)Nc3ccccc3)[nH]n2)n1. The molecule has 0 aliphatic carbocycles. The third-order valence-electron chi connectivity index (χ3n) is 4.06. The van der Waals surface area contributed by atoms with Crippen molar-refractivity contribution in [1.82, 2.24) is 25.1 Å². The van der Waals surface area contributed by atoms with E-state index in [0.717, 1.165) is 11.4 Å². The summed E-state index contributed by atoms with van der Waals surface area (Å²) in [6, 6.07) is 20.7. The van der Waals surface area contributed by atoms with Gasteiger partial charge in [0.15, 0.2) is 5.82 Å². The summed E-state index contributed by atoms with van der Waals surface area (Å²) in [6.07, 6.45) is 0.167. The van der Waals surface area contributed by atoms with Crippen molar-refractivity contribution >= 4 is 35.0 Å². The molecule has 0 radical (unpaired) electrons. The number of aromatic nitrogens is 5. The van der Waals surface area contributed by atoms with Gasteiger partial charge in [0.25, 0.3) is 0 Å². The van der Waals surface area contributed by atoms with Gasteiger partial charge in [0, 0.05) is 23.1 Å². The number of benzene rings is 2. The zero-order valence-corrected chi connectivity index (χ0v) is 16.3. The van der Waals surface area contributed by atoms with Crippen LogP contribution in [0.1, 0.15) is 11.5 Å². The van der Waals surface area contributed by atoms with Crippen LogP contribution < -0.4 is 16.0 Å². The van der Waals surface area contributed by atoms with E-state index in [9.17, 15) is 4.79 Å². The molecule has 4 aromatic rings. The number of carbonyl (C=O) groups excluding carboxylic acids is 1. The van der Waals surface area contributed by atoms with E-state index in [0.29, 0.717) is 29.2 Å². The molecule has 2 aromatic heterocycles. The minimum atomic E-state index is -0.137. The predicted molar refractivity (Wildman–Crippen MR) is 115 cm³/mol. The quantitative estimate of drug-likeness (QED) is 0.374. The number of H-pyrrole nitrogens is 1. The van der Waals surface area contributed by atoms with Crippen molar-refractivity contribution in [2.45, 2.75) is 13.3 Å². The summed E-state index contributed by atoms with van der Waals surface area (Å²) < 4.78 is 0. The zero-order valence-electron chi connectivity index (χ0n) is 16.3. The van der Waals surface area contributed by atoms with Gasteiger partial charge in [-0.3, -0.25) is 9.89 Å². The number of amides is 1. The number of rotatable bonds is 7. The molecule has 1 amide bonds. The lowest BCUT2D eigenvalue weighted by atomic mass is 10.2. The van der Waals surface area contributed by atoms with Crippen molar-refractivity contribution in [3.05, 3.63) is 78.2 Å². The summed E-state index contributed by atoms with van der Waals surface area (Å²) in [7, 11) is 0. The normalized spacial score (nSPS) is 10.4. The maximum atomic E-state index is 12.2. The maximum Gasteiger partial charge on any atom is 0.233 e. The standard InChI is InChI=1S/C21H20N8O/c1-14-22-20(25-16-10-6-3-7-11-16)27-21(23-14)26-18-12-17(28-29-18)13-19(30)24-15-8-4-2-5-9-15/h2-12H,13H2,1H3,(H,24,30)(H3,22,23,25,26,27,28,29). The summed E-state index contributed by atoms with van der Waals surface area (Å²) in [5, 5.41) is 16.0. The van der Waals surface area contributed by atoms with Crippen molar-refractivity contribution in [2.24, 2.45) is 0 Å². The van der Waals surface area contributed by atoms with Crippen LogP contribution in [0.15, 0.2) is 66.7 Å². The third kappa shape index (κ3) is 5.16. The minimum Gasteiger partial charge on any atom is -0.326 e. The Morgan fingerprint density at radius 2 is 1.50 bits per heavy atom. The first-order valence-electron chi connectivity index (χ1n) is 9.35. The predicted octanol–water partition coefficient (Wildman–Crippen LogP) is 3.57. The molecule has 9 nitrogen and oxygen atoms in total. The Kier molecular flexibility index (Phi) is 5.61. The first kappa shape index (κ1) is 19.1. The lowest BCUT2D eigenvalue weighted by molar-refractivity contribution is -0.115. The van der Waals surface area contributed by atoms with Crippen LogP contribution in [0.3, 0.4) is 0 Å². The highest BCUT2D eigenvalue weighted by Crippen LogP contribution is 2.16. The number of nitrogens with zero attached hydrogens (tertiary/aromatic N) is 4. The van der Waals surface area contributed by atoms with Crippen LogP contribution in [-0.4, -0.2) is 31.1 Å². The Balaban J connectivity index is 1.40. The molecule has 0 fully saturated rings. The molecule has 9 heteroatoms. The molecule has 4 N–H and O–H groups in total. The largest absolute Gasteiger partial charge is 0.326 e. The highest BCUT2D eigenvalue weighted by Gasteiger charge is 2.10. The topological polar surface area (TPSA) is 121 Å². The van der Waals surface area contributed by atoms with Gasteiger partial charge in [0.2, 0.25) is 17.8 Å². The van der Waals surface area contributed by atoms with Crippen molar-refractivity contribution in [2.75, 3.05) is 16.0 Å². The number of aromatic amines is 1. The van der Waals surface area contributed by atoms with Gasteiger partial charge in [0.05, 0.1) is 6.42 Å². The molecule has 2 heterocycles. The van der Waals surface area contributed by atoms with E-state index < -0.39 is 0 Å². The highest BCUT2D eigenvalue weighted by atomic mass is 16.1. The van der Waals surface area contributed by atoms with Crippen molar-refractivity contribution in [3.8, 4) is 0 Å². The molecule has 0 atom stereocenters. The van der Waals surface area contributed by atoms with Crippen LogP contribution in [0.2, 0.25) is 0 Å². The van der Waals surface area contributed by atoms with E-state index >= 15 is 0 Å². The van der Waals surface area contributed by atoms with Crippen LogP contribution in [0.25, 0.3) is 0 Å². The smallest absolute Gasteiger partial charge is 0.233 e. The third-order valence-corrected chi connectivity index (χ3v) is 4.06. The number of para-hydroxylation sites is 2. The number of hydrogen-bond donors (Lipinski definition) is 4. The van der Waals surface area contributed by atoms with Crippen LogP contribution in [0.4, 0.5) is 29.1 Å². The zero-order chi connectivity index (χ0) is 20.8. The fourth-order valence-corrected chi connectivity index (χ4v) is 2.77. The Hall–Kier alpha value is -4.27. The Bertz CT molecular complexity index is 1130. The van der Waals surface area contributed by atoms with Gasteiger partial charge in [0.1, 0.15) is 5.82 Å². The number of nitrogens with one attached hydrogen (secondary N) is 4. The van der Waals surface area contributed by atoms with E-state index in [4.69, 9.17) is 0 Å². The van der Waals surface area contributed by atoms with Crippen molar-refractivity contribution in [1.29, 1.82) is 0 Å². The summed E-state index contributed by atoms with van der Waals surface area (Å²) >= 11 is 0. The van der Waals surface area contributed by atoms with E-state index in [-0.39, 0.29) is 12.3 Å². The molecule has 4 rings (SSSR count). The Labute approximate surface area is 173 Å². The number of hydrogen-bond acceptors (Lipinski definition) is 7. The first-order chi connectivity index (χ1) is 14.6. The fourth-order valence-electron chi connectivity index (χ4n) is 2.77. The molecule has 30 heavy (non-hydrogen) atoms. The molecule has 0 unspecified atom stereocenters. The average Bonchev–Trinajstić information content (AvgIpc) is 3.15. The van der Waals surface area contributed by atoms with E-state index in [1.165, 1.54) is 0 Å². The Morgan fingerprint density at radius 1 is 0.867 bits per heavy atom. The number of anilines is 5.